The van der Waals surface area contributed by atoms with Crippen molar-refractivity contribution >= 4 is 21.9 Å². The summed E-state index contributed by atoms with van der Waals surface area (Å²) in [5.41, 5.74) is 3.07. The molecule has 0 saturated carbocycles. The molecule has 4 rings (SSSR count). The number of benzene rings is 3. The van der Waals surface area contributed by atoms with Crippen molar-refractivity contribution in [2.24, 2.45) is 0 Å². The van der Waals surface area contributed by atoms with Crippen LogP contribution < -0.4 is 10.0 Å². The van der Waals surface area contributed by atoms with E-state index in [0.29, 0.717) is 11.1 Å². The molecule has 10 heteroatoms. The lowest BCUT2D eigenvalue weighted by Gasteiger charge is -2.19. The minimum Gasteiger partial charge on any atom is -0.444 e. The molecule has 0 fully saturated rings. The molecule has 1 heterocycles. The number of hydrogen-bond acceptors (Lipinski definition) is 6. The highest BCUT2D eigenvalue weighted by molar-refractivity contribution is 7.89. The summed E-state index contributed by atoms with van der Waals surface area (Å²) in [5.74, 6) is -0.0904. The van der Waals surface area contributed by atoms with Gasteiger partial charge in [0.15, 0.2) is 5.78 Å². The maximum absolute atomic E-state index is 12.9. The molecule has 0 aliphatic carbocycles. The Morgan fingerprint density at radius 3 is 1.95 bits per heavy atom. The van der Waals surface area contributed by atoms with Crippen molar-refractivity contribution in [3.63, 3.8) is 0 Å². The third kappa shape index (κ3) is 7.40. The quantitative estimate of drug-likeness (QED) is 0.234. The van der Waals surface area contributed by atoms with Gasteiger partial charge in [0, 0.05) is 42.3 Å². The van der Waals surface area contributed by atoms with E-state index in [9.17, 15) is 18.0 Å². The summed E-state index contributed by atoms with van der Waals surface area (Å²) >= 11 is 0. The Morgan fingerprint density at radius 2 is 1.41 bits per heavy atom. The van der Waals surface area contributed by atoms with Crippen LogP contribution in [0.15, 0.2) is 96.4 Å². The first-order chi connectivity index (χ1) is 18.5. The smallest absolute Gasteiger partial charge is 0.407 e. The van der Waals surface area contributed by atoms with Crippen LogP contribution in [-0.4, -0.2) is 48.5 Å². The van der Waals surface area contributed by atoms with Crippen LogP contribution in [0.1, 0.15) is 36.7 Å². The average Bonchev–Trinajstić information content (AvgIpc) is 3.45. The second-order valence-electron chi connectivity index (χ2n) is 9.77. The molecule has 0 atom stereocenters. The number of hydrogen-bond donors (Lipinski definition) is 2. The lowest BCUT2D eigenvalue weighted by molar-refractivity contribution is 0.0528. The van der Waals surface area contributed by atoms with Crippen molar-refractivity contribution in [2.45, 2.75) is 31.3 Å². The Labute approximate surface area is 227 Å². The van der Waals surface area contributed by atoms with Crippen LogP contribution in [-0.2, 0) is 14.8 Å². The van der Waals surface area contributed by atoms with Crippen molar-refractivity contribution in [2.75, 3.05) is 13.1 Å². The molecule has 2 N–H and O–H groups in total. The molecule has 0 spiro atoms. The Morgan fingerprint density at radius 1 is 0.846 bits per heavy atom. The van der Waals surface area contributed by atoms with E-state index in [2.05, 4.69) is 15.0 Å². The van der Waals surface area contributed by atoms with Crippen LogP contribution in [0.5, 0.6) is 0 Å². The first kappa shape index (κ1) is 27.7. The van der Waals surface area contributed by atoms with Gasteiger partial charge in [0.25, 0.3) is 0 Å². The number of nitrogens with one attached hydrogen (secondary N) is 2. The number of ether oxygens (including phenoxy) is 1. The van der Waals surface area contributed by atoms with Gasteiger partial charge in [-0.2, -0.15) is 0 Å². The molecule has 0 saturated heterocycles. The number of aromatic nitrogens is 2. The number of sulfonamides is 1. The predicted octanol–water partition coefficient (Wildman–Crippen LogP) is 4.57. The highest BCUT2D eigenvalue weighted by atomic mass is 32.2. The zero-order valence-corrected chi connectivity index (χ0v) is 22.7. The van der Waals surface area contributed by atoms with Gasteiger partial charge in [-0.05, 0) is 68.3 Å². The fourth-order valence-corrected chi connectivity index (χ4v) is 4.78. The highest BCUT2D eigenvalue weighted by Gasteiger charge is 2.17. The van der Waals surface area contributed by atoms with Gasteiger partial charge in [0.2, 0.25) is 10.0 Å². The molecule has 1 amide bonds. The zero-order valence-electron chi connectivity index (χ0n) is 21.9. The standard InChI is InChI=1S/C29H30N4O5S/c1-29(2,3)38-28(35)31-16-17-32-39(36,37)26-14-10-22(11-15-26)21-4-6-23(7-5-21)27(34)24-8-12-25(13-9-24)33-19-18-30-20-33/h4-15,18-20,32H,16-17H2,1-3H3,(H,31,35). The van der Waals surface area contributed by atoms with E-state index in [4.69, 9.17) is 4.74 Å². The number of ketones is 1. The van der Waals surface area contributed by atoms with Gasteiger partial charge < -0.3 is 14.6 Å². The molecule has 3 aromatic carbocycles. The topological polar surface area (TPSA) is 119 Å². The first-order valence-corrected chi connectivity index (χ1v) is 13.8. The summed E-state index contributed by atoms with van der Waals surface area (Å²) in [6.07, 6.45) is 4.61. The van der Waals surface area contributed by atoms with Crippen LogP contribution in [0.4, 0.5) is 4.79 Å². The molecule has 0 unspecified atom stereocenters. The Kier molecular flexibility index (Phi) is 8.27. The number of amides is 1. The van der Waals surface area contributed by atoms with Crippen molar-refractivity contribution in [3.8, 4) is 16.8 Å². The van der Waals surface area contributed by atoms with Crippen molar-refractivity contribution in [3.05, 3.63) is 103 Å². The number of rotatable bonds is 9. The van der Waals surface area contributed by atoms with Gasteiger partial charge in [0.1, 0.15) is 5.60 Å². The monoisotopic (exact) mass is 546 g/mol. The highest BCUT2D eigenvalue weighted by Crippen LogP contribution is 2.23. The lowest BCUT2D eigenvalue weighted by atomic mass is 9.99. The molecule has 4 aromatic rings. The van der Waals surface area contributed by atoms with E-state index in [1.54, 1.807) is 69.7 Å². The summed E-state index contributed by atoms with van der Waals surface area (Å²) in [7, 11) is -3.75. The third-order valence-electron chi connectivity index (χ3n) is 5.66. The van der Waals surface area contributed by atoms with Gasteiger partial charge >= 0.3 is 6.09 Å². The molecule has 0 radical (unpaired) electrons. The van der Waals surface area contributed by atoms with Crippen LogP contribution >= 0.6 is 0 Å². The van der Waals surface area contributed by atoms with E-state index in [0.717, 1.165) is 16.8 Å². The summed E-state index contributed by atoms with van der Waals surface area (Å²) in [5, 5.41) is 2.51. The molecular formula is C29H30N4O5S. The lowest BCUT2D eigenvalue weighted by Crippen LogP contribution is -2.37. The molecular weight excluding hydrogens is 516 g/mol. The van der Waals surface area contributed by atoms with E-state index < -0.39 is 21.7 Å². The summed E-state index contributed by atoms with van der Waals surface area (Å²) in [6, 6.07) is 20.9. The molecule has 39 heavy (non-hydrogen) atoms. The maximum atomic E-state index is 12.9. The number of carbonyl (C=O) groups is 2. The van der Waals surface area contributed by atoms with Crippen LogP contribution in [0.2, 0.25) is 0 Å². The number of imidazole rings is 1. The number of carbonyl (C=O) groups excluding carboxylic acids is 2. The van der Waals surface area contributed by atoms with Crippen molar-refractivity contribution in [1.29, 1.82) is 0 Å². The van der Waals surface area contributed by atoms with Gasteiger partial charge in [-0.25, -0.2) is 22.9 Å². The molecule has 0 aliphatic heterocycles. The van der Waals surface area contributed by atoms with E-state index in [1.165, 1.54) is 12.1 Å². The SMILES string of the molecule is CC(C)(C)OC(=O)NCCNS(=O)(=O)c1ccc(-c2ccc(C(=O)c3ccc(-n4ccnc4)cc3)cc2)cc1. The second-order valence-corrected chi connectivity index (χ2v) is 11.5. The van der Waals surface area contributed by atoms with Crippen LogP contribution in [0.25, 0.3) is 16.8 Å². The predicted molar refractivity (Wildman–Crippen MR) is 148 cm³/mol. The van der Waals surface area contributed by atoms with Crippen LogP contribution in [0.3, 0.4) is 0 Å². The van der Waals surface area contributed by atoms with Gasteiger partial charge in [-0.15, -0.1) is 0 Å². The van der Waals surface area contributed by atoms with E-state index in [1.807, 2.05) is 35.0 Å². The van der Waals surface area contributed by atoms with Crippen molar-refractivity contribution in [1.82, 2.24) is 19.6 Å². The second kappa shape index (κ2) is 11.6. The Balaban J connectivity index is 1.34. The minimum atomic E-state index is -3.75. The summed E-state index contributed by atoms with van der Waals surface area (Å²) in [6.45, 7) is 5.35. The molecule has 0 aliphatic rings. The molecule has 202 valence electrons. The fourth-order valence-electron chi connectivity index (χ4n) is 3.75. The average molecular weight is 547 g/mol. The summed E-state index contributed by atoms with van der Waals surface area (Å²) in [4.78, 5) is 28.7. The fraction of sp³-hybridized carbons (Fsp3) is 0.207. The molecule has 0 bridgehead atoms. The van der Waals surface area contributed by atoms with Crippen LogP contribution in [0, 0.1) is 0 Å². The van der Waals surface area contributed by atoms with Gasteiger partial charge in [0.05, 0.1) is 11.2 Å². The van der Waals surface area contributed by atoms with Gasteiger partial charge in [-0.1, -0.05) is 36.4 Å². The zero-order chi connectivity index (χ0) is 28.0. The minimum absolute atomic E-state index is 0.0190. The van der Waals surface area contributed by atoms with Crippen molar-refractivity contribution < 1.29 is 22.7 Å². The first-order valence-electron chi connectivity index (χ1n) is 12.3. The van der Waals surface area contributed by atoms with Gasteiger partial charge in [-0.3, -0.25) is 4.79 Å². The Hall–Kier alpha value is -4.28. The number of nitrogens with zero attached hydrogens (tertiary/aromatic N) is 2. The van der Waals surface area contributed by atoms with E-state index >= 15 is 0 Å². The Bertz CT molecular complexity index is 1520. The third-order valence-corrected chi connectivity index (χ3v) is 7.14. The largest absolute Gasteiger partial charge is 0.444 e. The van der Waals surface area contributed by atoms with E-state index in [-0.39, 0.29) is 23.8 Å². The maximum Gasteiger partial charge on any atom is 0.407 e. The summed E-state index contributed by atoms with van der Waals surface area (Å²) < 4.78 is 34.6. The number of alkyl carbamates (subject to hydrolysis) is 1. The molecule has 1 aromatic heterocycles. The normalized spacial score (nSPS) is 11.7. The molecule has 9 nitrogen and oxygen atoms in total.